The summed E-state index contributed by atoms with van der Waals surface area (Å²) in [6, 6.07) is 3.65. The summed E-state index contributed by atoms with van der Waals surface area (Å²) in [5, 5.41) is 12.3. The molecule has 168 valence electrons. The van der Waals surface area contributed by atoms with E-state index in [0.29, 0.717) is 23.7 Å². The smallest absolute Gasteiger partial charge is 0.287 e. The molecule has 1 amide bonds. The van der Waals surface area contributed by atoms with Crippen LogP contribution in [0.25, 0.3) is 11.0 Å². The molecule has 0 unspecified atom stereocenters. The third kappa shape index (κ3) is 3.67. The van der Waals surface area contributed by atoms with Gasteiger partial charge in [0.05, 0.1) is 32.8 Å². The van der Waals surface area contributed by atoms with Crippen molar-refractivity contribution in [2.75, 3.05) is 11.9 Å². The maximum absolute atomic E-state index is 12.8. The summed E-state index contributed by atoms with van der Waals surface area (Å²) in [6.07, 6.45) is 6.11. The van der Waals surface area contributed by atoms with Gasteiger partial charge in [-0.2, -0.15) is 0 Å². The van der Waals surface area contributed by atoms with Crippen LogP contribution < -0.4 is 16.0 Å². The zero-order valence-electron chi connectivity index (χ0n) is 18.4. The maximum atomic E-state index is 12.8. The highest BCUT2D eigenvalue weighted by Crippen LogP contribution is 2.49. The zero-order chi connectivity index (χ0) is 22.5. The molecular weight excluding hydrogens is 444 g/mol. The number of rotatable bonds is 4. The predicted octanol–water partition coefficient (Wildman–Crippen LogP) is 5.78. The Hall–Kier alpha value is -2.51. The molecule has 2 aliphatic rings. The molecule has 32 heavy (non-hydrogen) atoms. The highest BCUT2D eigenvalue weighted by Gasteiger charge is 2.42. The molecule has 1 fully saturated rings. The molecule has 3 heterocycles. The van der Waals surface area contributed by atoms with E-state index in [4.69, 9.17) is 16.0 Å². The van der Waals surface area contributed by atoms with Gasteiger partial charge in [0.2, 0.25) is 0 Å². The van der Waals surface area contributed by atoms with E-state index in [1.807, 2.05) is 13.0 Å². The van der Waals surface area contributed by atoms with Gasteiger partial charge in [0.1, 0.15) is 5.58 Å². The number of aromatic nitrogens is 1. The molecule has 3 aromatic rings. The van der Waals surface area contributed by atoms with Crippen LogP contribution in [0.5, 0.6) is 0 Å². The summed E-state index contributed by atoms with van der Waals surface area (Å²) in [5.41, 5.74) is 3.35. The van der Waals surface area contributed by atoms with E-state index in [9.17, 15) is 4.79 Å². The Kier molecular flexibility index (Phi) is 5.42. The fraction of sp³-hybridized carbons (Fsp3) is 0.417. The molecule has 1 aliphatic carbocycles. The summed E-state index contributed by atoms with van der Waals surface area (Å²) in [5.74, 6) is 0.819. The Morgan fingerprint density at radius 3 is 2.81 bits per heavy atom. The van der Waals surface area contributed by atoms with Crippen molar-refractivity contribution in [3.05, 3.63) is 56.5 Å². The van der Waals surface area contributed by atoms with Crippen molar-refractivity contribution < 1.29 is 9.21 Å². The van der Waals surface area contributed by atoms with Crippen LogP contribution in [0.1, 0.15) is 63.8 Å². The summed E-state index contributed by atoms with van der Waals surface area (Å²) >= 11 is 8.34. The highest BCUT2D eigenvalue weighted by molar-refractivity contribution is 7.11. The number of benzene rings is 1. The number of hydrogen-bond donors (Lipinski definition) is 3. The molecule has 0 bridgehead atoms. The van der Waals surface area contributed by atoms with Crippen molar-refractivity contribution in [3.8, 4) is 0 Å². The lowest BCUT2D eigenvalue weighted by molar-refractivity contribution is 0.0928. The summed E-state index contributed by atoms with van der Waals surface area (Å²) in [6.45, 7) is 8.68. The summed E-state index contributed by atoms with van der Waals surface area (Å²) < 4.78 is 6.18. The van der Waals surface area contributed by atoms with Gasteiger partial charge in [-0.05, 0) is 38.8 Å². The van der Waals surface area contributed by atoms with Crippen LogP contribution in [0, 0.1) is 13.8 Å². The van der Waals surface area contributed by atoms with Gasteiger partial charge in [0.25, 0.3) is 5.91 Å². The van der Waals surface area contributed by atoms with E-state index in [1.165, 1.54) is 11.3 Å². The number of thiazole rings is 1. The van der Waals surface area contributed by atoms with Gasteiger partial charge in [-0.3, -0.25) is 4.79 Å². The number of nitrogens with zero attached hydrogens (tertiary/aromatic N) is 1. The number of furan rings is 1. The van der Waals surface area contributed by atoms with E-state index in [0.717, 1.165) is 64.4 Å². The number of halogens is 1. The molecule has 1 saturated carbocycles. The van der Waals surface area contributed by atoms with E-state index < -0.39 is 0 Å². The zero-order valence-corrected chi connectivity index (χ0v) is 19.9. The second-order valence-corrected chi connectivity index (χ2v) is 10.5. The first-order valence-electron chi connectivity index (χ1n) is 11.1. The average Bonchev–Trinajstić information content (AvgIpc) is 3.31. The van der Waals surface area contributed by atoms with Gasteiger partial charge in [-0.25, -0.2) is 4.98 Å². The number of hydrogen-bond acceptors (Lipinski definition) is 6. The first kappa shape index (κ1) is 21.3. The van der Waals surface area contributed by atoms with Crippen LogP contribution in [-0.4, -0.2) is 17.4 Å². The highest BCUT2D eigenvalue weighted by atomic mass is 35.5. The molecule has 0 radical (unpaired) electrons. The summed E-state index contributed by atoms with van der Waals surface area (Å²) in [4.78, 5) is 18.6. The van der Waals surface area contributed by atoms with Crippen molar-refractivity contribution in [2.24, 2.45) is 0 Å². The minimum atomic E-state index is -0.273. The van der Waals surface area contributed by atoms with Crippen molar-refractivity contribution in [1.82, 2.24) is 15.6 Å². The molecule has 0 saturated heterocycles. The van der Waals surface area contributed by atoms with Gasteiger partial charge in [-0.15, -0.1) is 11.3 Å². The van der Waals surface area contributed by atoms with Gasteiger partial charge in [0, 0.05) is 28.8 Å². The Bertz CT molecular complexity index is 1200. The Morgan fingerprint density at radius 2 is 2.09 bits per heavy atom. The third-order valence-electron chi connectivity index (χ3n) is 6.53. The first-order chi connectivity index (χ1) is 15.4. The molecule has 1 aromatic carbocycles. The number of carbonyl (C=O) groups excluding carboxylic acids is 1. The maximum Gasteiger partial charge on any atom is 0.287 e. The van der Waals surface area contributed by atoms with Gasteiger partial charge in [-0.1, -0.05) is 37.4 Å². The summed E-state index contributed by atoms with van der Waals surface area (Å²) in [7, 11) is 0. The number of carbonyl (C=O) groups is 1. The molecule has 3 N–H and O–H groups in total. The number of fused-ring (bicyclic) bond motifs is 4. The Labute approximate surface area is 196 Å². The van der Waals surface area contributed by atoms with Gasteiger partial charge < -0.3 is 20.4 Å². The van der Waals surface area contributed by atoms with Crippen molar-refractivity contribution in [2.45, 2.75) is 57.9 Å². The molecular formula is C24H27ClN4O2S. The molecule has 0 atom stereocenters. The fourth-order valence-corrected chi connectivity index (χ4v) is 6.11. The quantitative estimate of drug-likeness (QED) is 0.450. The SMILES string of the molecule is C=C1Nc2c(Cl)cc3cc(C(=O)NCCc4nc(C)c(C)s4)oc3c2C2(CCCCC2)N1. The molecule has 2 aromatic heterocycles. The average molecular weight is 471 g/mol. The van der Waals surface area contributed by atoms with E-state index in [1.54, 1.807) is 17.4 Å². The van der Waals surface area contributed by atoms with Crippen LogP contribution in [-0.2, 0) is 12.0 Å². The molecule has 1 spiro atoms. The molecule has 8 heteroatoms. The van der Waals surface area contributed by atoms with Crippen LogP contribution >= 0.6 is 22.9 Å². The van der Waals surface area contributed by atoms with Crippen molar-refractivity contribution in [3.63, 3.8) is 0 Å². The standard InChI is InChI=1S/C24H27ClN4O2S/c1-13-14(2)32-19(27-13)7-10-26-23(30)18-12-16-11-17(25)21-20(22(16)31-18)24(29-15(3)28-21)8-5-4-6-9-24/h11-12,28-29H,3-10H2,1-2H3,(H,26,30). The predicted molar refractivity (Wildman–Crippen MR) is 130 cm³/mol. The van der Waals surface area contributed by atoms with Crippen LogP contribution in [0.3, 0.4) is 0 Å². The van der Waals surface area contributed by atoms with Crippen molar-refractivity contribution in [1.29, 1.82) is 0 Å². The van der Waals surface area contributed by atoms with Crippen LogP contribution in [0.4, 0.5) is 5.69 Å². The first-order valence-corrected chi connectivity index (χ1v) is 12.3. The van der Waals surface area contributed by atoms with Crippen LogP contribution in [0.2, 0.25) is 5.02 Å². The minimum absolute atomic E-state index is 0.227. The Morgan fingerprint density at radius 1 is 1.31 bits per heavy atom. The molecule has 5 rings (SSSR count). The third-order valence-corrected chi connectivity index (χ3v) is 7.96. The lowest BCUT2D eigenvalue weighted by atomic mass is 9.74. The van der Waals surface area contributed by atoms with E-state index in [2.05, 4.69) is 34.4 Å². The van der Waals surface area contributed by atoms with Gasteiger partial charge in [0.15, 0.2) is 5.76 Å². The lowest BCUT2D eigenvalue weighted by Crippen LogP contribution is -2.48. The number of nitrogens with one attached hydrogen (secondary N) is 3. The Balaban J connectivity index is 1.44. The lowest BCUT2D eigenvalue weighted by Gasteiger charge is -2.44. The second-order valence-electron chi connectivity index (χ2n) is 8.76. The van der Waals surface area contributed by atoms with E-state index >= 15 is 0 Å². The topological polar surface area (TPSA) is 79.2 Å². The molecule has 6 nitrogen and oxygen atoms in total. The number of aryl methyl sites for hydroxylation is 2. The largest absolute Gasteiger partial charge is 0.450 e. The van der Waals surface area contributed by atoms with Crippen molar-refractivity contribution >= 4 is 45.5 Å². The number of anilines is 1. The van der Waals surface area contributed by atoms with Gasteiger partial charge >= 0.3 is 0 Å². The van der Waals surface area contributed by atoms with E-state index in [-0.39, 0.29) is 11.4 Å². The second kappa shape index (κ2) is 8.12. The monoisotopic (exact) mass is 470 g/mol. The fourth-order valence-electron chi connectivity index (χ4n) is 4.92. The molecule has 1 aliphatic heterocycles. The minimum Gasteiger partial charge on any atom is -0.450 e. The normalized spacial score (nSPS) is 17.2. The number of amides is 1. The van der Waals surface area contributed by atoms with Crippen LogP contribution in [0.15, 0.2) is 28.9 Å².